The van der Waals surface area contributed by atoms with Gasteiger partial charge in [0.25, 0.3) is 0 Å². The van der Waals surface area contributed by atoms with Gasteiger partial charge in [0, 0.05) is 77.4 Å². The molecule has 45 heavy (non-hydrogen) atoms. The van der Waals surface area contributed by atoms with Crippen molar-refractivity contribution in [1.82, 2.24) is 10.6 Å². The molecule has 3 saturated carbocycles. The third-order valence-electron chi connectivity index (χ3n) is 8.04. The van der Waals surface area contributed by atoms with Crippen LogP contribution in [-0.4, -0.2) is 42.0 Å². The maximum absolute atomic E-state index is 13.0. The number of rotatable bonds is 5. The van der Waals surface area contributed by atoms with Gasteiger partial charge >= 0.3 is 5.97 Å². The molecule has 6 N–H and O–H groups in total. The number of nitrogens with one attached hydrogen (secondary N) is 2. The third kappa shape index (κ3) is 12.9. The molecule has 0 radical (unpaired) electrons. The SMILES string of the molecule is C#CC#CC#CC#CC#CC#CC#CC#COC(=O)C1CC(NC(=O)C2CCC(N)CC2)CC(NC(=O)C2CCC(N)CC2)C1. The Hall–Kier alpha value is -5.19. The van der Waals surface area contributed by atoms with Crippen molar-refractivity contribution >= 4 is 17.8 Å². The first-order chi connectivity index (χ1) is 21.9. The van der Waals surface area contributed by atoms with E-state index in [2.05, 4.69) is 99.6 Å². The molecule has 3 rings (SSSR count). The van der Waals surface area contributed by atoms with Gasteiger partial charge in [-0.25, -0.2) is 0 Å². The number of nitrogens with two attached hydrogens (primary N) is 2. The van der Waals surface area contributed by atoms with Crippen LogP contribution in [0.2, 0.25) is 0 Å². The standard InChI is InChI=1S/C37H36N4O4/c1-2-3-4-5-6-7-8-9-10-11-12-13-14-15-24-45-37(44)30-25-33(40-35(42)28-16-20-31(38)21-17-28)27-34(26-30)41-36(43)29-18-22-32(39)23-19-29/h1,28-34H,16-23,25-27,38-39H2,(H,40,42)(H,41,43). The Balaban J connectivity index is 1.57. The number of terminal acetylenes is 1. The number of hydrogen-bond acceptors (Lipinski definition) is 6. The number of carbonyl (C=O) groups excluding carboxylic acids is 3. The van der Waals surface area contributed by atoms with Crippen LogP contribution < -0.4 is 22.1 Å². The van der Waals surface area contributed by atoms with Gasteiger partial charge in [-0.05, 0) is 112 Å². The van der Waals surface area contributed by atoms with Gasteiger partial charge in [0.2, 0.25) is 11.8 Å². The quantitative estimate of drug-likeness (QED) is 0.274. The summed E-state index contributed by atoms with van der Waals surface area (Å²) in [6.45, 7) is 0. The molecule has 0 spiro atoms. The Morgan fingerprint density at radius 2 is 0.911 bits per heavy atom. The van der Waals surface area contributed by atoms with Crippen LogP contribution in [0.15, 0.2) is 0 Å². The molecular weight excluding hydrogens is 564 g/mol. The lowest BCUT2D eigenvalue weighted by atomic mass is 9.80. The normalized spacial score (nSPS) is 26.0. The van der Waals surface area contributed by atoms with E-state index in [1.807, 2.05) is 0 Å². The van der Waals surface area contributed by atoms with Crippen molar-refractivity contribution in [2.45, 2.75) is 94.8 Å². The van der Waals surface area contributed by atoms with E-state index >= 15 is 0 Å². The van der Waals surface area contributed by atoms with Crippen molar-refractivity contribution in [2.24, 2.45) is 29.2 Å². The minimum absolute atomic E-state index is 0.0280. The molecule has 2 unspecified atom stereocenters. The number of ether oxygens (including phenoxy) is 1. The number of amides is 2. The fourth-order valence-electron chi connectivity index (χ4n) is 5.71. The minimum Gasteiger partial charge on any atom is -0.371 e. The van der Waals surface area contributed by atoms with Crippen molar-refractivity contribution < 1.29 is 19.1 Å². The van der Waals surface area contributed by atoms with E-state index in [0.29, 0.717) is 19.3 Å². The van der Waals surface area contributed by atoms with Crippen LogP contribution in [0.1, 0.15) is 70.6 Å². The van der Waals surface area contributed by atoms with Gasteiger partial charge in [0.15, 0.2) is 0 Å². The highest BCUT2D eigenvalue weighted by atomic mass is 16.5. The lowest BCUT2D eigenvalue weighted by Gasteiger charge is -2.36. The summed E-state index contributed by atoms with van der Waals surface area (Å²) in [5, 5.41) is 6.26. The molecule has 0 aromatic heterocycles. The molecule has 2 atom stereocenters. The summed E-state index contributed by atoms with van der Waals surface area (Å²) in [4.78, 5) is 39.0. The zero-order chi connectivity index (χ0) is 32.3. The first-order valence-corrected chi connectivity index (χ1v) is 15.1. The molecule has 3 aliphatic rings. The Bertz CT molecular complexity index is 1550. The first-order valence-electron chi connectivity index (χ1n) is 15.1. The van der Waals surface area contributed by atoms with Gasteiger partial charge in [-0.2, -0.15) is 0 Å². The van der Waals surface area contributed by atoms with E-state index in [-0.39, 0.29) is 47.8 Å². The average molecular weight is 601 g/mol. The fraction of sp³-hybridized carbons (Fsp3) is 0.486. The van der Waals surface area contributed by atoms with Crippen molar-refractivity contribution in [1.29, 1.82) is 0 Å². The Morgan fingerprint density at radius 3 is 1.31 bits per heavy atom. The summed E-state index contributed by atoms with van der Waals surface area (Å²) in [6, 6.07) is -0.291. The van der Waals surface area contributed by atoms with E-state index < -0.39 is 11.9 Å². The molecule has 0 aromatic rings. The first kappa shape index (κ1) is 34.3. The topological polar surface area (TPSA) is 137 Å². The zero-order valence-electron chi connectivity index (χ0n) is 25.2. The second kappa shape index (κ2) is 19.2. The van der Waals surface area contributed by atoms with Crippen molar-refractivity contribution in [2.75, 3.05) is 0 Å². The maximum atomic E-state index is 13.0. The van der Waals surface area contributed by atoms with E-state index in [9.17, 15) is 14.4 Å². The molecule has 0 aliphatic heterocycles. The minimum atomic E-state index is -0.554. The van der Waals surface area contributed by atoms with Gasteiger partial charge in [-0.15, -0.1) is 6.42 Å². The smallest absolute Gasteiger partial charge is 0.323 e. The highest BCUT2D eigenvalue weighted by Crippen LogP contribution is 2.29. The second-order valence-electron chi connectivity index (χ2n) is 11.3. The summed E-state index contributed by atoms with van der Waals surface area (Å²) < 4.78 is 5.17. The van der Waals surface area contributed by atoms with E-state index in [1.54, 1.807) is 0 Å². The number of hydrogen-bond donors (Lipinski definition) is 4. The molecule has 3 aliphatic carbocycles. The van der Waals surface area contributed by atoms with E-state index in [1.165, 1.54) is 0 Å². The summed E-state index contributed by atoms with van der Waals surface area (Å²) in [5.41, 5.74) is 12.0. The van der Waals surface area contributed by atoms with Gasteiger partial charge < -0.3 is 26.8 Å². The number of esters is 1. The third-order valence-corrected chi connectivity index (χ3v) is 8.04. The Kier molecular flexibility index (Phi) is 14.6. The molecule has 0 bridgehead atoms. The molecule has 0 heterocycles. The largest absolute Gasteiger partial charge is 0.371 e. The summed E-state index contributed by atoms with van der Waals surface area (Å²) in [7, 11) is 0. The van der Waals surface area contributed by atoms with Crippen LogP contribution in [0.4, 0.5) is 0 Å². The second-order valence-corrected chi connectivity index (χ2v) is 11.3. The van der Waals surface area contributed by atoms with Gasteiger partial charge in [0.1, 0.15) is 6.11 Å². The molecule has 228 valence electrons. The highest BCUT2D eigenvalue weighted by molar-refractivity contribution is 5.80. The summed E-state index contributed by atoms with van der Waals surface area (Å²) in [6.07, 6.45) is 14.9. The summed E-state index contributed by atoms with van der Waals surface area (Å²) in [5.74, 6) is 32.8. The highest BCUT2D eigenvalue weighted by Gasteiger charge is 2.37. The molecular formula is C37H36N4O4. The lowest BCUT2D eigenvalue weighted by molar-refractivity contribution is -0.144. The zero-order valence-corrected chi connectivity index (χ0v) is 25.2. The van der Waals surface area contributed by atoms with Crippen molar-refractivity contribution in [3.63, 3.8) is 0 Å². The molecule has 0 aromatic carbocycles. The monoisotopic (exact) mass is 600 g/mol. The van der Waals surface area contributed by atoms with Gasteiger partial charge in [-0.1, -0.05) is 0 Å². The number of carbonyl (C=O) groups is 3. The molecule has 8 heteroatoms. The Morgan fingerprint density at radius 1 is 0.533 bits per heavy atom. The van der Waals surface area contributed by atoms with Crippen LogP contribution >= 0.6 is 0 Å². The predicted molar refractivity (Wildman–Crippen MR) is 170 cm³/mol. The van der Waals surface area contributed by atoms with Crippen molar-refractivity contribution in [3.8, 4) is 95.4 Å². The summed E-state index contributed by atoms with van der Waals surface area (Å²) >= 11 is 0. The van der Waals surface area contributed by atoms with Crippen LogP contribution in [0, 0.1) is 113 Å². The maximum Gasteiger partial charge on any atom is 0.323 e. The Labute approximate surface area is 266 Å². The molecule has 8 nitrogen and oxygen atoms in total. The van der Waals surface area contributed by atoms with E-state index in [4.69, 9.17) is 22.6 Å². The molecule has 0 saturated heterocycles. The molecule has 2 amide bonds. The van der Waals surface area contributed by atoms with Gasteiger partial charge in [0.05, 0.1) is 5.92 Å². The lowest BCUT2D eigenvalue weighted by Crippen LogP contribution is -2.52. The predicted octanol–water partition coefficient (Wildman–Crippen LogP) is 0.949. The molecule has 3 fully saturated rings. The van der Waals surface area contributed by atoms with Crippen LogP contribution in [0.3, 0.4) is 0 Å². The average Bonchev–Trinajstić information content (AvgIpc) is 3.03. The fourth-order valence-corrected chi connectivity index (χ4v) is 5.71. The van der Waals surface area contributed by atoms with Crippen LogP contribution in [0.25, 0.3) is 0 Å². The van der Waals surface area contributed by atoms with Crippen molar-refractivity contribution in [3.05, 3.63) is 0 Å². The van der Waals surface area contributed by atoms with Crippen LogP contribution in [0.5, 0.6) is 0 Å². The van der Waals surface area contributed by atoms with E-state index in [0.717, 1.165) is 51.4 Å². The van der Waals surface area contributed by atoms with Gasteiger partial charge in [-0.3, -0.25) is 14.4 Å². The van der Waals surface area contributed by atoms with Crippen LogP contribution in [-0.2, 0) is 19.1 Å².